The van der Waals surface area contributed by atoms with E-state index in [2.05, 4.69) is 15.7 Å². The Labute approximate surface area is 174 Å². The van der Waals surface area contributed by atoms with E-state index in [0.29, 0.717) is 44.1 Å². The third-order valence-electron chi connectivity index (χ3n) is 5.59. The lowest BCUT2D eigenvalue weighted by atomic mass is 10.1. The Morgan fingerprint density at radius 3 is 2.63 bits per heavy atom. The molecule has 0 spiro atoms. The number of hydrogen-bond donors (Lipinski definition) is 2. The molecule has 160 valence electrons. The van der Waals surface area contributed by atoms with Crippen molar-refractivity contribution in [2.24, 2.45) is 0 Å². The molecule has 0 saturated carbocycles. The summed E-state index contributed by atoms with van der Waals surface area (Å²) in [6.45, 7) is 4.38. The van der Waals surface area contributed by atoms with E-state index in [9.17, 15) is 14.0 Å². The van der Waals surface area contributed by atoms with Crippen molar-refractivity contribution >= 4 is 17.6 Å². The van der Waals surface area contributed by atoms with Gasteiger partial charge in [-0.25, -0.2) is 9.18 Å². The molecule has 1 atom stereocenters. The molecule has 1 aromatic carbocycles. The molecular formula is C21H26FN5O3. The fourth-order valence-electron chi connectivity index (χ4n) is 4.00. The Bertz CT molecular complexity index is 908. The molecule has 8 nitrogen and oxygen atoms in total. The number of urea groups is 1. The highest BCUT2D eigenvalue weighted by atomic mass is 19.1. The molecule has 1 aromatic heterocycles. The molecule has 0 radical (unpaired) electrons. The topological polar surface area (TPSA) is 88.5 Å². The Morgan fingerprint density at radius 1 is 1.17 bits per heavy atom. The minimum Gasteiger partial charge on any atom is -0.381 e. The first-order valence-electron chi connectivity index (χ1n) is 10.3. The third-order valence-corrected chi connectivity index (χ3v) is 5.59. The average molecular weight is 415 g/mol. The van der Waals surface area contributed by atoms with Crippen LogP contribution in [0.4, 0.5) is 14.9 Å². The standard InChI is InChI=1S/C21H26FN5O3/c1-14-12-19(25-27(14)18-7-10-30-11-8-18)20(28)26-9-6-17(13-26)24-21(29)23-16-4-2-15(22)3-5-16/h2-5,12,17-18H,6-11,13H2,1H3,(H2,23,24,29). The Balaban J connectivity index is 1.32. The van der Waals surface area contributed by atoms with Crippen molar-refractivity contribution in [3.05, 3.63) is 47.5 Å². The molecule has 2 fully saturated rings. The summed E-state index contributed by atoms with van der Waals surface area (Å²) < 4.78 is 20.3. The zero-order valence-corrected chi connectivity index (χ0v) is 16.9. The largest absolute Gasteiger partial charge is 0.381 e. The van der Waals surface area contributed by atoms with Gasteiger partial charge in [0.05, 0.1) is 6.04 Å². The fraction of sp³-hybridized carbons (Fsp3) is 0.476. The Morgan fingerprint density at radius 2 is 1.90 bits per heavy atom. The number of amides is 3. The predicted molar refractivity (Wildman–Crippen MR) is 109 cm³/mol. The van der Waals surface area contributed by atoms with Crippen molar-refractivity contribution in [3.8, 4) is 0 Å². The molecule has 2 saturated heterocycles. The third kappa shape index (κ3) is 4.62. The first kappa shape index (κ1) is 20.3. The van der Waals surface area contributed by atoms with Gasteiger partial charge in [0.25, 0.3) is 5.91 Å². The highest BCUT2D eigenvalue weighted by molar-refractivity contribution is 5.93. The molecular weight excluding hydrogens is 389 g/mol. The average Bonchev–Trinajstić information content (AvgIpc) is 3.36. The van der Waals surface area contributed by atoms with Gasteiger partial charge in [0.15, 0.2) is 5.69 Å². The van der Waals surface area contributed by atoms with Crippen LogP contribution in [0, 0.1) is 12.7 Å². The van der Waals surface area contributed by atoms with Crippen LogP contribution in [0.15, 0.2) is 30.3 Å². The minimum absolute atomic E-state index is 0.118. The van der Waals surface area contributed by atoms with Gasteiger partial charge in [0, 0.05) is 43.7 Å². The van der Waals surface area contributed by atoms with Crippen LogP contribution in [-0.4, -0.2) is 59.0 Å². The summed E-state index contributed by atoms with van der Waals surface area (Å²) in [5.41, 5.74) is 1.92. The number of aryl methyl sites for hydroxylation is 1. The fourth-order valence-corrected chi connectivity index (χ4v) is 4.00. The van der Waals surface area contributed by atoms with Crippen LogP contribution in [0.5, 0.6) is 0 Å². The smallest absolute Gasteiger partial charge is 0.319 e. The van der Waals surface area contributed by atoms with Crippen LogP contribution in [-0.2, 0) is 4.74 Å². The van der Waals surface area contributed by atoms with Gasteiger partial charge < -0.3 is 20.3 Å². The summed E-state index contributed by atoms with van der Waals surface area (Å²) in [4.78, 5) is 26.8. The summed E-state index contributed by atoms with van der Waals surface area (Å²) in [7, 11) is 0. The molecule has 3 amide bonds. The van der Waals surface area contributed by atoms with Gasteiger partial charge in [-0.2, -0.15) is 5.10 Å². The number of carbonyl (C=O) groups is 2. The van der Waals surface area contributed by atoms with Gasteiger partial charge in [-0.1, -0.05) is 0 Å². The van der Waals surface area contributed by atoms with Crippen molar-refractivity contribution in [2.75, 3.05) is 31.6 Å². The molecule has 0 bridgehead atoms. The van der Waals surface area contributed by atoms with Crippen LogP contribution >= 0.6 is 0 Å². The van der Waals surface area contributed by atoms with E-state index >= 15 is 0 Å². The summed E-state index contributed by atoms with van der Waals surface area (Å²) in [6.07, 6.45) is 2.46. The van der Waals surface area contributed by atoms with E-state index in [1.165, 1.54) is 24.3 Å². The lowest BCUT2D eigenvalue weighted by Gasteiger charge is -2.23. The molecule has 9 heteroatoms. The second-order valence-corrected chi connectivity index (χ2v) is 7.80. The molecule has 4 rings (SSSR count). The molecule has 2 N–H and O–H groups in total. The number of nitrogens with zero attached hydrogens (tertiary/aromatic N) is 3. The van der Waals surface area contributed by atoms with Crippen molar-refractivity contribution < 1.29 is 18.7 Å². The molecule has 30 heavy (non-hydrogen) atoms. The Kier molecular flexibility index (Phi) is 5.98. The van der Waals surface area contributed by atoms with Crippen molar-refractivity contribution in [1.29, 1.82) is 0 Å². The van der Waals surface area contributed by atoms with E-state index in [0.717, 1.165) is 18.5 Å². The van der Waals surface area contributed by atoms with Crippen molar-refractivity contribution in [1.82, 2.24) is 20.0 Å². The molecule has 2 aromatic rings. The van der Waals surface area contributed by atoms with Gasteiger partial charge >= 0.3 is 6.03 Å². The van der Waals surface area contributed by atoms with E-state index in [1.807, 2.05) is 17.7 Å². The first-order valence-corrected chi connectivity index (χ1v) is 10.3. The van der Waals surface area contributed by atoms with Crippen LogP contribution in [0.2, 0.25) is 0 Å². The summed E-state index contributed by atoms with van der Waals surface area (Å²) in [6, 6.07) is 7.14. The van der Waals surface area contributed by atoms with Gasteiger partial charge in [0.1, 0.15) is 5.82 Å². The first-order chi connectivity index (χ1) is 14.5. The van der Waals surface area contributed by atoms with Crippen LogP contribution in [0.1, 0.15) is 41.5 Å². The lowest BCUT2D eigenvalue weighted by molar-refractivity contribution is 0.0651. The van der Waals surface area contributed by atoms with E-state index in [1.54, 1.807) is 4.90 Å². The van der Waals surface area contributed by atoms with E-state index < -0.39 is 0 Å². The van der Waals surface area contributed by atoms with Crippen LogP contribution in [0.25, 0.3) is 0 Å². The van der Waals surface area contributed by atoms with Crippen molar-refractivity contribution in [3.63, 3.8) is 0 Å². The van der Waals surface area contributed by atoms with E-state index in [-0.39, 0.29) is 29.8 Å². The summed E-state index contributed by atoms with van der Waals surface area (Å²) in [5, 5.41) is 10.1. The Hall–Kier alpha value is -2.94. The predicted octanol–water partition coefficient (Wildman–Crippen LogP) is 2.72. The number of halogens is 1. The highest BCUT2D eigenvalue weighted by Gasteiger charge is 2.30. The highest BCUT2D eigenvalue weighted by Crippen LogP contribution is 2.23. The van der Waals surface area contributed by atoms with Crippen molar-refractivity contribution in [2.45, 2.75) is 38.3 Å². The molecule has 0 aliphatic carbocycles. The lowest BCUT2D eigenvalue weighted by Crippen LogP contribution is -2.40. The number of benzene rings is 1. The molecule has 1 unspecified atom stereocenters. The second kappa shape index (κ2) is 8.83. The number of likely N-dealkylation sites (tertiary alicyclic amines) is 1. The number of anilines is 1. The molecule has 2 aliphatic heterocycles. The summed E-state index contributed by atoms with van der Waals surface area (Å²) >= 11 is 0. The minimum atomic E-state index is -0.374. The number of ether oxygens (including phenoxy) is 1. The SMILES string of the molecule is Cc1cc(C(=O)N2CCC(NC(=O)Nc3ccc(F)cc3)C2)nn1C1CCOCC1. The van der Waals surface area contributed by atoms with Crippen LogP contribution < -0.4 is 10.6 Å². The van der Waals surface area contributed by atoms with E-state index in [4.69, 9.17) is 4.74 Å². The monoisotopic (exact) mass is 415 g/mol. The molecule has 2 aliphatic rings. The number of carbonyl (C=O) groups excluding carboxylic acids is 2. The van der Waals surface area contributed by atoms with Gasteiger partial charge in [0.2, 0.25) is 0 Å². The molecule has 3 heterocycles. The number of rotatable bonds is 4. The summed E-state index contributed by atoms with van der Waals surface area (Å²) in [5.74, 6) is -0.479. The number of nitrogens with one attached hydrogen (secondary N) is 2. The maximum absolute atomic E-state index is 13.0. The normalized spacial score (nSPS) is 19.7. The maximum atomic E-state index is 13.0. The number of aromatic nitrogens is 2. The quantitative estimate of drug-likeness (QED) is 0.804. The van der Waals surface area contributed by atoms with Gasteiger partial charge in [-0.15, -0.1) is 0 Å². The number of hydrogen-bond acceptors (Lipinski definition) is 4. The van der Waals surface area contributed by atoms with Crippen LogP contribution in [0.3, 0.4) is 0 Å². The second-order valence-electron chi connectivity index (χ2n) is 7.80. The zero-order valence-electron chi connectivity index (χ0n) is 16.9. The van der Waals surface area contributed by atoms with Gasteiger partial charge in [-0.05, 0) is 56.5 Å². The zero-order chi connectivity index (χ0) is 21.1. The van der Waals surface area contributed by atoms with Gasteiger partial charge in [-0.3, -0.25) is 9.48 Å². The maximum Gasteiger partial charge on any atom is 0.319 e.